The minimum atomic E-state index is 0. The predicted octanol–water partition coefficient (Wildman–Crippen LogP) is 15.3. The van der Waals surface area contributed by atoms with Gasteiger partial charge in [-0.1, -0.05) is 118 Å². The molecule has 1 aliphatic rings. The Hall–Kier alpha value is -4.44. The summed E-state index contributed by atoms with van der Waals surface area (Å²) in [5.41, 5.74) is 11.9. The van der Waals surface area contributed by atoms with E-state index in [1.165, 1.54) is 81.1 Å². The van der Waals surface area contributed by atoms with Gasteiger partial charge in [0.25, 0.3) is 0 Å². The maximum atomic E-state index is 11.7. The summed E-state index contributed by atoms with van der Waals surface area (Å²) < 4.78 is 0. The molecule has 1 aliphatic carbocycles. The summed E-state index contributed by atoms with van der Waals surface area (Å²) in [5, 5.41) is 14.7. The Bertz CT molecular complexity index is 2320. The van der Waals surface area contributed by atoms with Crippen molar-refractivity contribution in [2.75, 3.05) is 0 Å². The van der Waals surface area contributed by atoms with E-state index in [4.69, 9.17) is 0 Å². The number of ketones is 1. The molecular weight excluding hydrogens is 913 g/mol. The molecule has 0 bridgehead atoms. The third-order valence-electron chi connectivity index (χ3n) is 12.0. The number of hydrogen-bond donors (Lipinski definition) is 1. The Labute approximate surface area is 374 Å². The van der Waals surface area contributed by atoms with E-state index in [1.807, 2.05) is 40.1 Å². The second-order valence-corrected chi connectivity index (χ2v) is 16.9. The van der Waals surface area contributed by atoms with Crippen LogP contribution in [-0.2, 0) is 24.9 Å². The quantitative estimate of drug-likeness (QED) is 0.0798. The SMILES string of the molecule is CCC(CC)C(=O)/C=C(\O)C(CC)CC.Cc1[c-]c(-c2nccc3cc(C(C)C)ccc23)cc(C)c1.Cc1[c-]c(-c2nccc3cc(C4CCCC4)ccc23)cc(C)c1.[Ir]. The molecular formula is C55H66IrN2O2-2. The topological polar surface area (TPSA) is 63.1 Å². The second-order valence-electron chi connectivity index (χ2n) is 16.9. The van der Waals surface area contributed by atoms with Crippen LogP contribution in [-0.4, -0.2) is 20.9 Å². The average molecular weight is 979 g/mol. The number of aliphatic hydroxyl groups excluding tert-OH is 1. The van der Waals surface area contributed by atoms with Gasteiger partial charge >= 0.3 is 0 Å². The van der Waals surface area contributed by atoms with Crippen molar-refractivity contribution in [3.8, 4) is 22.5 Å². The molecule has 2 aromatic heterocycles. The fraction of sp³-hybridized carbons (Fsp3) is 0.400. The number of aromatic nitrogens is 2. The number of allylic oxidation sites excluding steroid dienone is 2. The van der Waals surface area contributed by atoms with Crippen LogP contribution in [0.2, 0.25) is 0 Å². The zero-order valence-corrected chi connectivity index (χ0v) is 40.1. The summed E-state index contributed by atoms with van der Waals surface area (Å²) in [4.78, 5) is 21.0. The van der Waals surface area contributed by atoms with Crippen molar-refractivity contribution in [3.05, 3.63) is 143 Å². The summed E-state index contributed by atoms with van der Waals surface area (Å²) in [6.45, 7) is 20.9. The number of hydrogen-bond acceptors (Lipinski definition) is 4. The summed E-state index contributed by atoms with van der Waals surface area (Å²) in [6.07, 6.45) is 14.2. The molecule has 1 saturated carbocycles. The number of aliphatic hydroxyl groups is 1. The van der Waals surface area contributed by atoms with Crippen LogP contribution in [0.3, 0.4) is 0 Å². The Morgan fingerprint density at radius 3 is 1.63 bits per heavy atom. The Morgan fingerprint density at radius 2 is 1.17 bits per heavy atom. The molecule has 0 spiro atoms. The molecule has 0 unspecified atom stereocenters. The van der Waals surface area contributed by atoms with E-state index in [2.05, 4.69) is 136 Å². The van der Waals surface area contributed by atoms with Gasteiger partial charge in [-0.3, -0.25) is 4.79 Å². The number of rotatable bonds is 11. The summed E-state index contributed by atoms with van der Waals surface area (Å²) >= 11 is 0. The number of aryl methyl sites for hydroxylation is 4. The largest absolute Gasteiger partial charge is 0.512 e. The molecule has 1 fully saturated rings. The fourth-order valence-electron chi connectivity index (χ4n) is 8.52. The predicted molar refractivity (Wildman–Crippen MR) is 250 cm³/mol. The normalized spacial score (nSPS) is 13.0. The molecule has 60 heavy (non-hydrogen) atoms. The average Bonchev–Trinajstić information content (AvgIpc) is 3.76. The van der Waals surface area contributed by atoms with Crippen molar-refractivity contribution in [3.63, 3.8) is 0 Å². The summed E-state index contributed by atoms with van der Waals surface area (Å²) in [6, 6.07) is 33.4. The van der Waals surface area contributed by atoms with Gasteiger partial charge in [-0.05, 0) is 107 Å². The third-order valence-corrected chi connectivity index (χ3v) is 12.0. The number of carbonyl (C=O) groups excluding carboxylic acids is 1. The first-order chi connectivity index (χ1) is 28.3. The zero-order chi connectivity index (χ0) is 42.6. The monoisotopic (exact) mass is 979 g/mol. The number of benzene rings is 4. The van der Waals surface area contributed by atoms with Crippen LogP contribution in [0, 0.1) is 51.7 Å². The van der Waals surface area contributed by atoms with Crippen LogP contribution in [0.25, 0.3) is 44.1 Å². The van der Waals surface area contributed by atoms with Crippen molar-refractivity contribution in [2.45, 2.75) is 132 Å². The van der Waals surface area contributed by atoms with Crippen LogP contribution < -0.4 is 0 Å². The van der Waals surface area contributed by atoms with Crippen LogP contribution in [0.4, 0.5) is 0 Å². The first-order valence-electron chi connectivity index (χ1n) is 22.1. The van der Waals surface area contributed by atoms with Crippen molar-refractivity contribution in [2.24, 2.45) is 11.8 Å². The molecule has 4 aromatic carbocycles. The molecule has 0 atom stereocenters. The molecule has 4 nitrogen and oxygen atoms in total. The minimum absolute atomic E-state index is 0. The maximum Gasteiger partial charge on any atom is 0.162 e. The van der Waals surface area contributed by atoms with Crippen molar-refractivity contribution in [1.29, 1.82) is 0 Å². The van der Waals surface area contributed by atoms with Gasteiger partial charge in [0.15, 0.2) is 5.78 Å². The zero-order valence-electron chi connectivity index (χ0n) is 37.7. The van der Waals surface area contributed by atoms with Gasteiger partial charge in [0.05, 0.1) is 5.76 Å². The van der Waals surface area contributed by atoms with E-state index >= 15 is 0 Å². The van der Waals surface area contributed by atoms with E-state index in [-0.39, 0.29) is 43.5 Å². The standard InChI is InChI=1S/C22H22N.C20H20N.C13H24O2.Ir/c1-15-11-16(2)13-20(12-15)22-21-8-7-18(17-5-3-4-6-17)14-19(21)9-10-23-22;1-13(2)16-5-6-19-17(12-16)7-8-21-20(19)18-10-14(3)9-15(4)11-18;1-5-10(6-2)12(14)9-13(15)11(7-3)8-4;/h7-12,14,17H,3-6H2,1-2H3;5-10,12-13H,1-4H3;9-11,14H,5-8H2,1-4H3;/q2*-1;;/b;;12-9-;. The van der Waals surface area contributed by atoms with Gasteiger partial charge in [0, 0.05) is 50.4 Å². The Morgan fingerprint density at radius 1 is 0.683 bits per heavy atom. The second kappa shape index (κ2) is 23.0. The minimum Gasteiger partial charge on any atom is -0.512 e. The number of nitrogens with zero attached hydrogens (tertiary/aromatic N) is 2. The molecule has 0 amide bonds. The van der Waals surface area contributed by atoms with Crippen LogP contribution in [0.15, 0.2) is 97.0 Å². The van der Waals surface area contributed by atoms with Gasteiger partial charge in [-0.25, -0.2) is 0 Å². The number of fused-ring (bicyclic) bond motifs is 2. The van der Waals surface area contributed by atoms with Crippen molar-refractivity contribution in [1.82, 2.24) is 9.97 Å². The van der Waals surface area contributed by atoms with Gasteiger partial charge in [-0.15, -0.1) is 69.8 Å². The van der Waals surface area contributed by atoms with Crippen LogP contribution in [0.5, 0.6) is 0 Å². The van der Waals surface area contributed by atoms with Crippen molar-refractivity contribution >= 4 is 27.3 Å². The molecule has 319 valence electrons. The maximum absolute atomic E-state index is 11.7. The smallest absolute Gasteiger partial charge is 0.162 e. The molecule has 1 radical (unpaired) electrons. The first-order valence-corrected chi connectivity index (χ1v) is 22.1. The Kier molecular flexibility index (Phi) is 18.5. The van der Waals surface area contributed by atoms with Gasteiger partial charge in [0.1, 0.15) is 0 Å². The van der Waals surface area contributed by atoms with E-state index in [0.717, 1.165) is 59.7 Å². The Balaban J connectivity index is 0.000000202. The van der Waals surface area contributed by atoms with Gasteiger partial charge < -0.3 is 15.1 Å². The van der Waals surface area contributed by atoms with E-state index in [1.54, 1.807) is 0 Å². The molecule has 6 aromatic rings. The summed E-state index contributed by atoms with van der Waals surface area (Å²) in [7, 11) is 0. The molecule has 2 heterocycles. The first kappa shape index (κ1) is 48.2. The molecule has 1 N–H and O–H groups in total. The molecule has 5 heteroatoms. The van der Waals surface area contributed by atoms with E-state index in [9.17, 15) is 9.90 Å². The van der Waals surface area contributed by atoms with Gasteiger partial charge in [-0.2, -0.15) is 0 Å². The van der Waals surface area contributed by atoms with Crippen molar-refractivity contribution < 1.29 is 30.0 Å². The van der Waals surface area contributed by atoms with Gasteiger partial charge in [0.2, 0.25) is 0 Å². The molecule has 0 aliphatic heterocycles. The molecule has 7 rings (SSSR count). The van der Waals surface area contributed by atoms with Crippen LogP contribution >= 0.6 is 0 Å². The third kappa shape index (κ3) is 12.6. The summed E-state index contributed by atoms with van der Waals surface area (Å²) in [5.74, 6) is 1.84. The fourth-order valence-corrected chi connectivity index (χ4v) is 8.52. The van der Waals surface area contributed by atoms with E-state index < -0.39 is 0 Å². The van der Waals surface area contributed by atoms with E-state index in [0.29, 0.717) is 5.92 Å². The number of pyridine rings is 2. The number of carbonyl (C=O) groups is 1. The molecule has 0 saturated heterocycles. The van der Waals surface area contributed by atoms with Crippen LogP contribution in [0.1, 0.15) is 138 Å².